The predicted octanol–water partition coefficient (Wildman–Crippen LogP) is 3.04. The lowest BCUT2D eigenvalue weighted by Crippen LogP contribution is -2.21. The van der Waals surface area contributed by atoms with Gasteiger partial charge in [-0.15, -0.1) is 5.10 Å². The Kier molecular flexibility index (Phi) is 6.76. The summed E-state index contributed by atoms with van der Waals surface area (Å²) in [5.41, 5.74) is 1.82. The molecule has 35 heavy (non-hydrogen) atoms. The summed E-state index contributed by atoms with van der Waals surface area (Å²) in [6, 6.07) is 4.96. The number of aromatic nitrogens is 4. The van der Waals surface area contributed by atoms with Crippen LogP contribution >= 0.6 is 0 Å². The second-order valence-electron chi connectivity index (χ2n) is 7.83. The number of benzene rings is 1. The van der Waals surface area contributed by atoms with Crippen molar-refractivity contribution < 1.29 is 37.0 Å². The van der Waals surface area contributed by atoms with E-state index in [-0.39, 0.29) is 18.6 Å². The van der Waals surface area contributed by atoms with E-state index in [9.17, 15) is 22.8 Å². The van der Waals surface area contributed by atoms with Gasteiger partial charge < -0.3 is 19.5 Å². The molecule has 0 saturated heterocycles. The highest BCUT2D eigenvalue weighted by molar-refractivity contribution is 5.93. The lowest BCUT2D eigenvalue weighted by Gasteiger charge is -2.11. The molecule has 3 aromatic rings. The third-order valence-corrected chi connectivity index (χ3v) is 5.28. The van der Waals surface area contributed by atoms with E-state index in [0.717, 1.165) is 10.9 Å². The Balaban J connectivity index is 1.32. The summed E-state index contributed by atoms with van der Waals surface area (Å²) in [5.74, 6) is -1.54. The predicted molar refractivity (Wildman–Crippen MR) is 115 cm³/mol. The van der Waals surface area contributed by atoms with E-state index < -0.39 is 30.5 Å². The highest BCUT2D eigenvalue weighted by Gasteiger charge is 2.37. The summed E-state index contributed by atoms with van der Waals surface area (Å²) >= 11 is 0. The molecule has 1 aromatic carbocycles. The van der Waals surface area contributed by atoms with E-state index in [4.69, 9.17) is 14.2 Å². The normalized spacial score (nSPS) is 13.4. The van der Waals surface area contributed by atoms with E-state index in [0.29, 0.717) is 47.4 Å². The minimum atomic E-state index is -4.70. The molecule has 0 aliphatic carbocycles. The molecule has 1 N–H and O–H groups in total. The van der Waals surface area contributed by atoms with Crippen LogP contribution in [0.25, 0.3) is 5.78 Å². The Morgan fingerprint density at radius 1 is 1.14 bits per heavy atom. The van der Waals surface area contributed by atoms with Crippen LogP contribution in [0.1, 0.15) is 35.6 Å². The number of alkyl halides is 3. The molecule has 3 heterocycles. The highest BCUT2D eigenvalue weighted by Crippen LogP contribution is 2.32. The molecule has 2 aromatic heterocycles. The fourth-order valence-corrected chi connectivity index (χ4v) is 3.57. The molecule has 0 unspecified atom stereocenters. The maximum Gasteiger partial charge on any atom is 0.453 e. The Morgan fingerprint density at radius 3 is 2.63 bits per heavy atom. The van der Waals surface area contributed by atoms with Gasteiger partial charge in [0.2, 0.25) is 0 Å². The Morgan fingerprint density at radius 2 is 1.89 bits per heavy atom. The molecule has 0 saturated carbocycles. The molecule has 0 bridgehead atoms. The maximum atomic E-state index is 12.9. The van der Waals surface area contributed by atoms with Gasteiger partial charge in [0.25, 0.3) is 17.5 Å². The zero-order chi connectivity index (χ0) is 25.2. The number of carbonyl (C=O) groups is 2. The van der Waals surface area contributed by atoms with Crippen molar-refractivity contribution in [3.05, 3.63) is 41.0 Å². The van der Waals surface area contributed by atoms with Gasteiger partial charge in [-0.2, -0.15) is 18.2 Å². The van der Waals surface area contributed by atoms with Gasteiger partial charge in [0, 0.05) is 36.0 Å². The van der Waals surface area contributed by atoms with Crippen LogP contribution < -0.4 is 14.8 Å². The lowest BCUT2D eigenvalue weighted by molar-refractivity contribution is -0.147. The minimum absolute atomic E-state index is 0.104. The SMILES string of the molecule is Cc1nc2nc(C(F)(F)F)nn2c(C)c1CCC(=O)OCC(=O)Nc1ccc2c(c1)OCCCO2. The molecular formula is C22H22F3N5O5. The largest absolute Gasteiger partial charge is 0.490 e. The zero-order valence-electron chi connectivity index (χ0n) is 18.9. The fraction of sp³-hybridized carbons (Fsp3) is 0.409. The van der Waals surface area contributed by atoms with Gasteiger partial charge >= 0.3 is 12.1 Å². The highest BCUT2D eigenvalue weighted by atomic mass is 19.4. The van der Waals surface area contributed by atoms with Gasteiger partial charge in [-0.3, -0.25) is 9.59 Å². The molecule has 4 rings (SSSR count). The van der Waals surface area contributed by atoms with Gasteiger partial charge in [-0.05, 0) is 38.0 Å². The molecule has 186 valence electrons. The van der Waals surface area contributed by atoms with Crippen LogP contribution in [0.15, 0.2) is 18.2 Å². The number of hydrogen-bond donors (Lipinski definition) is 1. The molecule has 10 nitrogen and oxygen atoms in total. The second-order valence-corrected chi connectivity index (χ2v) is 7.83. The van der Waals surface area contributed by atoms with Gasteiger partial charge in [-0.1, -0.05) is 0 Å². The molecule has 1 aliphatic rings. The fourth-order valence-electron chi connectivity index (χ4n) is 3.57. The number of rotatable bonds is 6. The van der Waals surface area contributed by atoms with E-state index in [1.54, 1.807) is 32.0 Å². The van der Waals surface area contributed by atoms with E-state index in [2.05, 4.69) is 20.4 Å². The van der Waals surface area contributed by atoms with Crippen LogP contribution in [0, 0.1) is 13.8 Å². The number of ether oxygens (including phenoxy) is 3. The maximum absolute atomic E-state index is 12.9. The summed E-state index contributed by atoms with van der Waals surface area (Å²) in [6.07, 6.45) is -3.90. The summed E-state index contributed by atoms with van der Waals surface area (Å²) < 4.78 is 55.9. The second kappa shape index (κ2) is 9.76. The first-order chi connectivity index (χ1) is 16.6. The zero-order valence-corrected chi connectivity index (χ0v) is 18.9. The topological polar surface area (TPSA) is 117 Å². The van der Waals surface area contributed by atoms with Crippen molar-refractivity contribution in [1.29, 1.82) is 0 Å². The number of esters is 1. The van der Waals surface area contributed by atoms with Crippen molar-refractivity contribution in [1.82, 2.24) is 19.6 Å². The molecule has 0 fully saturated rings. The van der Waals surface area contributed by atoms with Gasteiger partial charge in [0.05, 0.1) is 13.2 Å². The number of amides is 1. The summed E-state index contributed by atoms with van der Waals surface area (Å²) in [5, 5.41) is 6.10. The van der Waals surface area contributed by atoms with Crippen LogP contribution in [0.3, 0.4) is 0 Å². The third kappa shape index (κ3) is 5.61. The standard InChI is InChI=1S/C22H22F3N5O5/c1-12-15(13(2)30-21(26-12)28-20(29-30)22(23,24)25)5-7-19(32)35-11-18(31)27-14-4-6-16-17(10-14)34-9-3-8-33-16/h4,6,10H,3,5,7-9,11H2,1-2H3,(H,27,31). The first-order valence-electron chi connectivity index (χ1n) is 10.8. The van der Waals surface area contributed by atoms with Gasteiger partial charge in [-0.25, -0.2) is 9.50 Å². The Hall–Kier alpha value is -3.90. The number of carbonyl (C=O) groups excluding carboxylic acids is 2. The lowest BCUT2D eigenvalue weighted by atomic mass is 10.1. The van der Waals surface area contributed by atoms with E-state index in [1.807, 2.05) is 0 Å². The molecule has 1 aliphatic heterocycles. The molecule has 0 atom stereocenters. The molecule has 1 amide bonds. The molecule has 13 heteroatoms. The number of fused-ring (bicyclic) bond motifs is 2. The number of aryl methyl sites for hydroxylation is 2. The van der Waals surface area contributed by atoms with Crippen molar-refractivity contribution in [2.24, 2.45) is 0 Å². The summed E-state index contributed by atoms with van der Waals surface area (Å²) in [4.78, 5) is 31.8. The summed E-state index contributed by atoms with van der Waals surface area (Å²) in [7, 11) is 0. The third-order valence-electron chi connectivity index (χ3n) is 5.28. The monoisotopic (exact) mass is 493 g/mol. The van der Waals surface area contributed by atoms with Crippen molar-refractivity contribution in [2.75, 3.05) is 25.1 Å². The van der Waals surface area contributed by atoms with E-state index in [1.165, 1.54) is 0 Å². The van der Waals surface area contributed by atoms with Gasteiger partial charge in [0.15, 0.2) is 18.1 Å². The average Bonchev–Trinajstić information content (AvgIpc) is 3.10. The van der Waals surface area contributed by atoms with E-state index >= 15 is 0 Å². The first kappa shape index (κ1) is 24.2. The smallest absolute Gasteiger partial charge is 0.453 e. The van der Waals surface area contributed by atoms with Crippen LogP contribution in [0.4, 0.5) is 18.9 Å². The number of halogens is 3. The number of nitrogens with zero attached hydrogens (tertiary/aromatic N) is 4. The number of anilines is 1. The van der Waals surface area contributed by atoms with Gasteiger partial charge in [0.1, 0.15) is 0 Å². The van der Waals surface area contributed by atoms with Crippen molar-refractivity contribution in [3.63, 3.8) is 0 Å². The molecule has 0 spiro atoms. The van der Waals surface area contributed by atoms with Crippen LogP contribution in [-0.2, 0) is 26.9 Å². The summed E-state index contributed by atoms with van der Waals surface area (Å²) in [6.45, 7) is 3.73. The molecular weight excluding hydrogens is 471 g/mol. The first-order valence-corrected chi connectivity index (χ1v) is 10.8. The van der Waals surface area contributed by atoms with Crippen molar-refractivity contribution >= 4 is 23.3 Å². The number of hydrogen-bond acceptors (Lipinski definition) is 8. The number of nitrogens with one attached hydrogen (secondary N) is 1. The van der Waals surface area contributed by atoms with Crippen LogP contribution in [0.2, 0.25) is 0 Å². The van der Waals surface area contributed by atoms with Crippen molar-refractivity contribution in [3.8, 4) is 11.5 Å². The molecule has 0 radical (unpaired) electrons. The Bertz CT molecular complexity index is 1270. The minimum Gasteiger partial charge on any atom is -0.490 e. The average molecular weight is 493 g/mol. The van der Waals surface area contributed by atoms with Crippen LogP contribution in [-0.4, -0.2) is 51.3 Å². The Labute approximate surface area is 197 Å². The van der Waals surface area contributed by atoms with Crippen LogP contribution in [0.5, 0.6) is 11.5 Å². The van der Waals surface area contributed by atoms with Crippen molar-refractivity contribution in [2.45, 2.75) is 39.3 Å². The quantitative estimate of drug-likeness (QED) is 0.521.